The van der Waals surface area contributed by atoms with Crippen molar-refractivity contribution in [1.82, 2.24) is 5.32 Å². The zero-order valence-corrected chi connectivity index (χ0v) is 14.1. The number of hydrogen-bond acceptors (Lipinski definition) is 4. The molecule has 3 rings (SSSR count). The second kappa shape index (κ2) is 8.12. The minimum atomic E-state index is -4.72. The molecular formula is C18H18F3NO2S. The molecule has 0 radical (unpaired) electrons. The molecule has 2 aromatic rings. The summed E-state index contributed by atoms with van der Waals surface area (Å²) in [5.41, 5.74) is 1.00. The standard InChI is InChI=1S/C18H18F3NO2S/c19-18(20,21)24-14-8-4-5-9-16(14)25-17(13-6-2-1-3-7-13)15-12-22-10-11-23-15/h1-9,15,17,22H,10-12H2/t15?,17-/m0/s1. The molecule has 0 spiro atoms. The van der Waals surface area contributed by atoms with Crippen LogP contribution in [0, 0.1) is 0 Å². The number of alkyl halides is 3. The molecule has 1 saturated heterocycles. The number of morpholine rings is 1. The van der Waals surface area contributed by atoms with Crippen LogP contribution in [0.5, 0.6) is 5.75 Å². The summed E-state index contributed by atoms with van der Waals surface area (Å²) in [7, 11) is 0. The van der Waals surface area contributed by atoms with Gasteiger partial charge in [0.2, 0.25) is 0 Å². The third-order valence-corrected chi connectivity index (χ3v) is 5.17. The molecule has 134 valence electrons. The van der Waals surface area contributed by atoms with Crippen LogP contribution in [0.3, 0.4) is 0 Å². The zero-order valence-electron chi connectivity index (χ0n) is 13.3. The van der Waals surface area contributed by atoms with Gasteiger partial charge >= 0.3 is 6.36 Å². The maximum atomic E-state index is 12.7. The monoisotopic (exact) mass is 369 g/mol. The van der Waals surface area contributed by atoms with Crippen molar-refractivity contribution in [3.8, 4) is 5.75 Å². The summed E-state index contributed by atoms with van der Waals surface area (Å²) in [6.07, 6.45) is -4.86. The van der Waals surface area contributed by atoms with Gasteiger partial charge in [0.1, 0.15) is 5.75 Å². The fourth-order valence-electron chi connectivity index (χ4n) is 2.67. The number of thioether (sulfide) groups is 1. The Balaban J connectivity index is 1.88. The van der Waals surface area contributed by atoms with E-state index in [1.54, 1.807) is 12.1 Å². The second-order valence-electron chi connectivity index (χ2n) is 5.56. The summed E-state index contributed by atoms with van der Waals surface area (Å²) >= 11 is 1.33. The molecule has 1 unspecified atom stereocenters. The third-order valence-electron chi connectivity index (χ3n) is 3.75. The van der Waals surface area contributed by atoms with E-state index in [4.69, 9.17) is 4.74 Å². The van der Waals surface area contributed by atoms with E-state index in [2.05, 4.69) is 10.1 Å². The highest BCUT2D eigenvalue weighted by atomic mass is 32.2. The second-order valence-corrected chi connectivity index (χ2v) is 6.74. The highest BCUT2D eigenvalue weighted by Crippen LogP contribution is 2.43. The van der Waals surface area contributed by atoms with E-state index in [9.17, 15) is 13.2 Å². The van der Waals surface area contributed by atoms with E-state index in [0.717, 1.165) is 12.1 Å². The molecule has 1 aliphatic heterocycles. The van der Waals surface area contributed by atoms with Gasteiger partial charge in [-0.25, -0.2) is 0 Å². The molecule has 0 saturated carbocycles. The summed E-state index contributed by atoms with van der Waals surface area (Å²) in [5, 5.41) is 3.13. The van der Waals surface area contributed by atoms with Gasteiger partial charge in [-0.1, -0.05) is 42.5 Å². The van der Waals surface area contributed by atoms with Crippen molar-refractivity contribution >= 4 is 11.8 Å². The number of benzene rings is 2. The smallest absolute Gasteiger partial charge is 0.405 e. The highest BCUT2D eigenvalue weighted by Gasteiger charge is 2.33. The molecule has 0 amide bonds. The lowest BCUT2D eigenvalue weighted by Crippen LogP contribution is -2.41. The molecule has 7 heteroatoms. The molecule has 25 heavy (non-hydrogen) atoms. The molecule has 1 heterocycles. The summed E-state index contributed by atoms with van der Waals surface area (Å²) in [4.78, 5) is 0.433. The van der Waals surface area contributed by atoms with Crippen LogP contribution < -0.4 is 10.1 Å². The third kappa shape index (κ3) is 5.14. The Hall–Kier alpha value is -1.70. The van der Waals surface area contributed by atoms with E-state index >= 15 is 0 Å². The van der Waals surface area contributed by atoms with Crippen LogP contribution >= 0.6 is 11.8 Å². The Morgan fingerprint density at radius 3 is 2.48 bits per heavy atom. The Bertz CT molecular complexity index is 676. The fraction of sp³-hybridized carbons (Fsp3) is 0.333. The van der Waals surface area contributed by atoms with E-state index in [1.165, 1.54) is 23.9 Å². The summed E-state index contributed by atoms with van der Waals surface area (Å²) in [6.45, 7) is 2.00. The first kappa shape index (κ1) is 18.1. The molecular weight excluding hydrogens is 351 g/mol. The SMILES string of the molecule is FC(F)(F)Oc1ccccc1S[C@@H](c1ccccc1)C1CNCCO1. The highest BCUT2D eigenvalue weighted by molar-refractivity contribution is 7.99. The van der Waals surface area contributed by atoms with Gasteiger partial charge in [0.05, 0.1) is 22.9 Å². The molecule has 0 aromatic heterocycles. The average Bonchev–Trinajstić information content (AvgIpc) is 2.61. The van der Waals surface area contributed by atoms with Crippen LogP contribution in [0.1, 0.15) is 10.8 Å². The van der Waals surface area contributed by atoms with Crippen LogP contribution in [0.2, 0.25) is 0 Å². The summed E-state index contributed by atoms with van der Waals surface area (Å²) in [6, 6.07) is 15.9. The minimum absolute atomic E-state index is 0.139. The van der Waals surface area contributed by atoms with Crippen molar-refractivity contribution in [2.75, 3.05) is 19.7 Å². The number of nitrogens with one attached hydrogen (secondary N) is 1. The van der Waals surface area contributed by atoms with Crippen molar-refractivity contribution in [1.29, 1.82) is 0 Å². The van der Waals surface area contributed by atoms with Crippen LogP contribution in [0.25, 0.3) is 0 Å². The lowest BCUT2D eigenvalue weighted by molar-refractivity contribution is -0.275. The molecule has 0 bridgehead atoms. The molecule has 1 fully saturated rings. The average molecular weight is 369 g/mol. The van der Waals surface area contributed by atoms with Crippen molar-refractivity contribution in [3.63, 3.8) is 0 Å². The molecule has 0 aliphatic carbocycles. The largest absolute Gasteiger partial charge is 0.573 e. The lowest BCUT2D eigenvalue weighted by Gasteiger charge is -2.31. The number of halogens is 3. The lowest BCUT2D eigenvalue weighted by atomic mass is 10.1. The number of para-hydroxylation sites is 1. The van der Waals surface area contributed by atoms with Crippen LogP contribution in [0.4, 0.5) is 13.2 Å². The molecule has 2 aromatic carbocycles. The molecule has 3 nitrogen and oxygen atoms in total. The first-order valence-corrected chi connectivity index (χ1v) is 8.79. The predicted octanol–water partition coefficient (Wildman–Crippen LogP) is 4.41. The van der Waals surface area contributed by atoms with Gasteiger partial charge in [-0.05, 0) is 17.7 Å². The van der Waals surface area contributed by atoms with Gasteiger partial charge in [-0.2, -0.15) is 0 Å². The van der Waals surface area contributed by atoms with Gasteiger partial charge in [-0.15, -0.1) is 24.9 Å². The van der Waals surface area contributed by atoms with Gasteiger partial charge in [-0.3, -0.25) is 0 Å². The quantitative estimate of drug-likeness (QED) is 0.791. The van der Waals surface area contributed by atoms with E-state index < -0.39 is 6.36 Å². The van der Waals surface area contributed by atoms with Crippen LogP contribution in [-0.2, 0) is 4.74 Å². The van der Waals surface area contributed by atoms with E-state index in [-0.39, 0.29) is 17.1 Å². The Labute approximate surface area is 148 Å². The van der Waals surface area contributed by atoms with Gasteiger partial charge < -0.3 is 14.8 Å². The maximum Gasteiger partial charge on any atom is 0.573 e. The summed E-state index contributed by atoms with van der Waals surface area (Å²) in [5.74, 6) is -0.190. The molecule has 1 aliphatic rings. The minimum Gasteiger partial charge on any atom is -0.405 e. The van der Waals surface area contributed by atoms with Crippen LogP contribution in [0.15, 0.2) is 59.5 Å². The number of hydrogen-bond donors (Lipinski definition) is 1. The molecule has 1 N–H and O–H groups in total. The van der Waals surface area contributed by atoms with E-state index in [0.29, 0.717) is 18.0 Å². The Morgan fingerprint density at radius 1 is 1.08 bits per heavy atom. The van der Waals surface area contributed by atoms with Gasteiger partial charge in [0.15, 0.2) is 0 Å². The van der Waals surface area contributed by atoms with Crippen molar-refractivity contribution in [2.45, 2.75) is 22.6 Å². The normalized spacial score (nSPS) is 19.4. The maximum absolute atomic E-state index is 12.7. The van der Waals surface area contributed by atoms with Gasteiger partial charge in [0.25, 0.3) is 0 Å². The molecule has 2 atom stereocenters. The first-order chi connectivity index (χ1) is 12.0. The summed E-state index contributed by atoms with van der Waals surface area (Å²) < 4.78 is 48.1. The van der Waals surface area contributed by atoms with Gasteiger partial charge in [0, 0.05) is 13.1 Å². The van der Waals surface area contributed by atoms with Crippen molar-refractivity contribution in [2.24, 2.45) is 0 Å². The Kier molecular flexibility index (Phi) is 5.88. The van der Waals surface area contributed by atoms with Crippen molar-refractivity contribution in [3.05, 3.63) is 60.2 Å². The van der Waals surface area contributed by atoms with E-state index in [1.807, 2.05) is 30.3 Å². The number of rotatable bonds is 5. The predicted molar refractivity (Wildman–Crippen MR) is 90.8 cm³/mol. The zero-order chi connectivity index (χ0) is 17.7. The first-order valence-electron chi connectivity index (χ1n) is 7.91. The number of ether oxygens (including phenoxy) is 2. The Morgan fingerprint density at radius 2 is 1.80 bits per heavy atom. The fourth-order valence-corrected chi connectivity index (χ4v) is 3.95. The van der Waals surface area contributed by atoms with Crippen LogP contribution in [-0.4, -0.2) is 32.2 Å². The van der Waals surface area contributed by atoms with Crippen molar-refractivity contribution < 1.29 is 22.6 Å². The topological polar surface area (TPSA) is 30.5 Å².